The van der Waals surface area contributed by atoms with Gasteiger partial charge in [-0.15, -0.1) is 0 Å². The third kappa shape index (κ3) is 4.14. The van der Waals surface area contributed by atoms with E-state index in [0.29, 0.717) is 0 Å². The topological polar surface area (TPSA) is 126 Å². The van der Waals surface area contributed by atoms with Gasteiger partial charge in [0.1, 0.15) is 5.56 Å². The van der Waals surface area contributed by atoms with Crippen LogP contribution in [0.3, 0.4) is 0 Å². The number of rotatable bonds is 5. The van der Waals surface area contributed by atoms with Gasteiger partial charge >= 0.3 is 18.1 Å². The second-order valence-electron chi connectivity index (χ2n) is 5.50. The summed E-state index contributed by atoms with van der Waals surface area (Å²) in [6, 6.07) is 0.924. The summed E-state index contributed by atoms with van der Waals surface area (Å²) in [6.07, 6.45) is -4.31. The summed E-state index contributed by atoms with van der Waals surface area (Å²) >= 11 is 0. The molecule has 154 valence electrons. The summed E-state index contributed by atoms with van der Waals surface area (Å²) in [4.78, 5) is 38.6. The molecule has 0 aliphatic rings. The van der Waals surface area contributed by atoms with Gasteiger partial charge < -0.3 is 14.6 Å². The van der Waals surface area contributed by atoms with Crippen LogP contribution in [-0.2, 0) is 16.1 Å². The number of nitrogens with one attached hydrogen (secondary N) is 1. The molecule has 1 aromatic heterocycles. The van der Waals surface area contributed by atoms with E-state index in [1.165, 1.54) is 16.8 Å². The number of nitrogens with zero attached hydrogens (tertiary/aromatic N) is 4. The number of pyridine rings is 1. The average Bonchev–Trinajstić information content (AvgIpc) is 2.64. The number of ether oxygens (including phenoxy) is 1. The number of carbonyl (C=O) groups is 2. The number of hydrogen-bond acceptors (Lipinski definition) is 5. The molecule has 1 heterocycles. The molecule has 0 saturated carbocycles. The predicted molar refractivity (Wildman–Crippen MR) is 93.3 cm³/mol. The molecule has 0 radical (unpaired) electrons. The van der Waals surface area contributed by atoms with E-state index in [1.807, 2.05) is 0 Å². The van der Waals surface area contributed by atoms with E-state index in [9.17, 15) is 31.9 Å². The number of anilines is 1. The lowest BCUT2D eigenvalue weighted by Crippen LogP contribution is -2.31. The standard InChI is InChI=1S/C16H13F4N5O4/c1-3-25-6-7(14(27)29-4-2)13(26)10-9(25)5-8(23-24-21)11(17)12(10)22-15(28)16(18,19)20/h5-6H,3-4H2,1-2H3,(H,22,28). The van der Waals surface area contributed by atoms with Gasteiger partial charge in [-0.2, -0.15) is 13.2 Å². The lowest BCUT2D eigenvalue weighted by atomic mass is 10.1. The van der Waals surface area contributed by atoms with Crippen LogP contribution in [0.4, 0.5) is 28.9 Å². The third-order valence-electron chi connectivity index (χ3n) is 3.77. The zero-order valence-corrected chi connectivity index (χ0v) is 15.0. The Morgan fingerprint density at radius 1 is 1.34 bits per heavy atom. The number of aromatic nitrogens is 1. The summed E-state index contributed by atoms with van der Waals surface area (Å²) in [7, 11) is 0. The predicted octanol–water partition coefficient (Wildman–Crippen LogP) is 3.78. The minimum atomic E-state index is -5.39. The monoisotopic (exact) mass is 415 g/mol. The molecular formula is C16H13F4N5O4. The number of hydrogen-bond donors (Lipinski definition) is 1. The molecule has 1 N–H and O–H groups in total. The Hall–Kier alpha value is -3.60. The number of benzene rings is 1. The van der Waals surface area contributed by atoms with Gasteiger partial charge in [-0.25, -0.2) is 9.18 Å². The number of esters is 1. The zero-order valence-electron chi connectivity index (χ0n) is 15.0. The van der Waals surface area contributed by atoms with Gasteiger partial charge in [0.15, 0.2) is 5.82 Å². The van der Waals surface area contributed by atoms with Crippen LogP contribution in [0.15, 0.2) is 22.2 Å². The minimum Gasteiger partial charge on any atom is -0.462 e. The maximum atomic E-state index is 14.7. The van der Waals surface area contributed by atoms with Crippen LogP contribution in [0.5, 0.6) is 0 Å². The van der Waals surface area contributed by atoms with Crippen molar-refractivity contribution in [3.63, 3.8) is 0 Å². The molecule has 0 atom stereocenters. The van der Waals surface area contributed by atoms with E-state index >= 15 is 0 Å². The Balaban J connectivity index is 2.99. The molecule has 0 saturated heterocycles. The molecule has 2 rings (SSSR count). The highest BCUT2D eigenvalue weighted by molar-refractivity contribution is 6.06. The fourth-order valence-electron chi connectivity index (χ4n) is 2.54. The molecule has 9 nitrogen and oxygen atoms in total. The van der Waals surface area contributed by atoms with Crippen molar-refractivity contribution >= 4 is 34.2 Å². The van der Waals surface area contributed by atoms with Gasteiger partial charge in [-0.3, -0.25) is 9.59 Å². The van der Waals surface area contributed by atoms with Crippen molar-refractivity contribution in [1.29, 1.82) is 0 Å². The van der Waals surface area contributed by atoms with Crippen LogP contribution in [0, 0.1) is 5.82 Å². The number of aryl methyl sites for hydroxylation is 1. The Kier molecular flexibility index (Phi) is 6.12. The molecule has 0 bridgehead atoms. The fraction of sp³-hybridized carbons (Fsp3) is 0.312. The second-order valence-corrected chi connectivity index (χ2v) is 5.50. The summed E-state index contributed by atoms with van der Waals surface area (Å²) in [6.45, 7) is 3.04. The lowest BCUT2D eigenvalue weighted by Gasteiger charge is -2.17. The van der Waals surface area contributed by atoms with Gasteiger partial charge in [0.05, 0.1) is 28.9 Å². The normalized spacial score (nSPS) is 11.1. The highest BCUT2D eigenvalue weighted by Crippen LogP contribution is 2.34. The Morgan fingerprint density at radius 3 is 2.52 bits per heavy atom. The maximum Gasteiger partial charge on any atom is 0.471 e. The smallest absolute Gasteiger partial charge is 0.462 e. The van der Waals surface area contributed by atoms with E-state index in [0.717, 1.165) is 12.3 Å². The van der Waals surface area contributed by atoms with Gasteiger partial charge in [0.25, 0.3) is 0 Å². The molecule has 13 heteroatoms. The fourth-order valence-corrected chi connectivity index (χ4v) is 2.54. The van der Waals surface area contributed by atoms with E-state index < -0.39 is 51.6 Å². The minimum absolute atomic E-state index is 0.0930. The van der Waals surface area contributed by atoms with Gasteiger partial charge in [0.2, 0.25) is 5.43 Å². The summed E-state index contributed by atoms with van der Waals surface area (Å²) in [5, 5.41) is 3.63. The molecule has 0 aliphatic carbocycles. The van der Waals surface area contributed by atoms with Gasteiger partial charge in [-0.1, -0.05) is 5.11 Å². The first-order chi connectivity index (χ1) is 13.6. The van der Waals surface area contributed by atoms with Crippen LogP contribution in [0.2, 0.25) is 0 Å². The summed E-state index contributed by atoms with van der Waals surface area (Å²) < 4.78 is 58.8. The Labute approximate surface area is 159 Å². The largest absolute Gasteiger partial charge is 0.471 e. The Bertz CT molecular complexity index is 1100. The highest BCUT2D eigenvalue weighted by Gasteiger charge is 2.40. The van der Waals surface area contributed by atoms with E-state index in [2.05, 4.69) is 10.0 Å². The number of halogens is 4. The third-order valence-corrected chi connectivity index (χ3v) is 3.77. The molecule has 0 spiro atoms. The summed E-state index contributed by atoms with van der Waals surface area (Å²) in [5.41, 5.74) is 4.77. The molecule has 0 unspecified atom stereocenters. The lowest BCUT2D eigenvalue weighted by molar-refractivity contribution is -0.167. The molecule has 29 heavy (non-hydrogen) atoms. The molecular weight excluding hydrogens is 402 g/mol. The van der Waals surface area contributed by atoms with Crippen LogP contribution >= 0.6 is 0 Å². The zero-order chi connectivity index (χ0) is 21.9. The van der Waals surface area contributed by atoms with Crippen LogP contribution < -0.4 is 10.7 Å². The van der Waals surface area contributed by atoms with E-state index in [-0.39, 0.29) is 18.7 Å². The van der Waals surface area contributed by atoms with Crippen molar-refractivity contribution in [2.75, 3.05) is 11.9 Å². The molecule has 2 aromatic rings. The van der Waals surface area contributed by atoms with Crippen LogP contribution in [-0.4, -0.2) is 29.2 Å². The van der Waals surface area contributed by atoms with E-state index in [4.69, 9.17) is 10.3 Å². The summed E-state index contributed by atoms with van der Waals surface area (Å²) in [5.74, 6) is -5.19. The number of azide groups is 1. The first-order valence-electron chi connectivity index (χ1n) is 8.06. The molecule has 1 aromatic carbocycles. The molecule has 0 aliphatic heterocycles. The maximum absolute atomic E-state index is 14.7. The number of carbonyl (C=O) groups excluding carboxylic acids is 2. The van der Waals surface area contributed by atoms with E-state index in [1.54, 1.807) is 6.92 Å². The molecule has 1 amide bonds. The number of fused-ring (bicyclic) bond motifs is 1. The number of amides is 1. The van der Waals surface area contributed by atoms with Gasteiger partial charge in [-0.05, 0) is 25.4 Å². The van der Waals surface area contributed by atoms with Crippen molar-refractivity contribution < 1.29 is 31.9 Å². The second kappa shape index (κ2) is 8.19. The quantitative estimate of drug-likeness (QED) is 0.262. The molecule has 0 fully saturated rings. The van der Waals surface area contributed by atoms with Gasteiger partial charge in [0, 0.05) is 17.7 Å². The highest BCUT2D eigenvalue weighted by atomic mass is 19.4. The number of alkyl halides is 3. The van der Waals surface area contributed by atoms with Crippen molar-refractivity contribution in [3.8, 4) is 0 Å². The Morgan fingerprint density at radius 2 is 2.00 bits per heavy atom. The first kappa shape index (κ1) is 21.7. The van der Waals surface area contributed by atoms with Crippen molar-refractivity contribution in [1.82, 2.24) is 4.57 Å². The SMILES string of the molecule is CCOC(=O)c1cn(CC)c2cc(N=[N+]=[N-])c(F)c(NC(=O)C(F)(F)F)c2c1=O. The first-order valence-corrected chi connectivity index (χ1v) is 8.06. The van der Waals surface area contributed by atoms with Crippen molar-refractivity contribution in [3.05, 3.63) is 44.3 Å². The van der Waals surface area contributed by atoms with Crippen molar-refractivity contribution in [2.24, 2.45) is 5.11 Å². The average molecular weight is 415 g/mol. The van der Waals surface area contributed by atoms with Crippen LogP contribution in [0.25, 0.3) is 21.3 Å². The van der Waals surface area contributed by atoms with Crippen LogP contribution in [0.1, 0.15) is 24.2 Å². The van der Waals surface area contributed by atoms with Crippen molar-refractivity contribution in [2.45, 2.75) is 26.6 Å².